The summed E-state index contributed by atoms with van der Waals surface area (Å²) in [6.07, 6.45) is 2.20. The third-order valence-corrected chi connectivity index (χ3v) is 12.3. The average molecular weight is 358 g/mol. The standard InChI is InChI=1S/C14H25F3O3SSi/c1-5-22(6-2,7-3)12-10-8-9-11(4)13(12)20-21(18,19)14(15,16)17/h12H,5-10H2,1-4H3/t12-/m1/s1. The largest absolute Gasteiger partial charge is 0.534 e. The van der Waals surface area contributed by atoms with Gasteiger partial charge in [-0.3, -0.25) is 0 Å². The van der Waals surface area contributed by atoms with Gasteiger partial charge in [0.1, 0.15) is 5.76 Å². The van der Waals surface area contributed by atoms with Crippen molar-refractivity contribution in [1.29, 1.82) is 0 Å². The van der Waals surface area contributed by atoms with E-state index in [2.05, 4.69) is 25.0 Å². The lowest BCUT2D eigenvalue weighted by molar-refractivity contribution is -0.0524. The molecule has 0 amide bonds. The highest BCUT2D eigenvalue weighted by Crippen LogP contribution is 2.48. The first kappa shape index (κ1) is 19.5. The molecule has 8 heteroatoms. The summed E-state index contributed by atoms with van der Waals surface area (Å²) in [7, 11) is -7.48. The van der Waals surface area contributed by atoms with Crippen molar-refractivity contribution in [1.82, 2.24) is 0 Å². The lowest BCUT2D eigenvalue weighted by Crippen LogP contribution is -2.41. The van der Waals surface area contributed by atoms with Crippen LogP contribution in [0.3, 0.4) is 0 Å². The molecule has 0 spiro atoms. The molecule has 0 aromatic rings. The molecule has 0 bridgehead atoms. The van der Waals surface area contributed by atoms with Crippen molar-refractivity contribution in [2.45, 2.75) is 76.1 Å². The van der Waals surface area contributed by atoms with E-state index in [0.29, 0.717) is 12.0 Å². The van der Waals surface area contributed by atoms with Crippen molar-refractivity contribution in [3.05, 3.63) is 11.3 Å². The van der Waals surface area contributed by atoms with Crippen LogP contribution >= 0.6 is 0 Å². The van der Waals surface area contributed by atoms with Gasteiger partial charge in [-0.1, -0.05) is 38.9 Å². The Balaban J connectivity index is 3.28. The van der Waals surface area contributed by atoms with Crippen molar-refractivity contribution in [2.24, 2.45) is 0 Å². The van der Waals surface area contributed by atoms with Gasteiger partial charge in [-0.05, 0) is 31.8 Å². The normalized spacial score (nSPS) is 21.1. The van der Waals surface area contributed by atoms with E-state index in [1.165, 1.54) is 0 Å². The molecule has 1 aliphatic carbocycles. The Morgan fingerprint density at radius 3 is 2.09 bits per heavy atom. The van der Waals surface area contributed by atoms with Crippen LogP contribution in [0.1, 0.15) is 47.0 Å². The van der Waals surface area contributed by atoms with Crippen LogP contribution in [0.15, 0.2) is 11.3 Å². The molecule has 0 aliphatic heterocycles. The van der Waals surface area contributed by atoms with Crippen molar-refractivity contribution < 1.29 is 25.8 Å². The maximum atomic E-state index is 12.7. The predicted molar refractivity (Wildman–Crippen MR) is 83.6 cm³/mol. The summed E-state index contributed by atoms with van der Waals surface area (Å²) in [5.41, 5.74) is -4.87. The molecule has 3 nitrogen and oxygen atoms in total. The van der Waals surface area contributed by atoms with Crippen LogP contribution in [0.2, 0.25) is 23.7 Å². The first-order chi connectivity index (χ1) is 10.0. The molecule has 0 heterocycles. The lowest BCUT2D eigenvalue weighted by Gasteiger charge is -2.40. The molecule has 1 rings (SSSR count). The molecule has 0 saturated carbocycles. The highest BCUT2D eigenvalue weighted by molar-refractivity contribution is 7.87. The zero-order valence-electron chi connectivity index (χ0n) is 13.6. The first-order valence-corrected chi connectivity index (χ1v) is 11.9. The summed E-state index contributed by atoms with van der Waals surface area (Å²) >= 11 is 0. The van der Waals surface area contributed by atoms with E-state index in [1.54, 1.807) is 6.92 Å². The van der Waals surface area contributed by atoms with Gasteiger partial charge >= 0.3 is 15.6 Å². The summed E-state index contributed by atoms with van der Waals surface area (Å²) in [6.45, 7) is 7.85. The fourth-order valence-electron chi connectivity index (χ4n) is 3.49. The smallest absolute Gasteiger partial charge is 0.381 e. The zero-order chi connectivity index (χ0) is 17.2. The highest BCUT2D eigenvalue weighted by atomic mass is 32.2. The van der Waals surface area contributed by atoms with Gasteiger partial charge in [-0.2, -0.15) is 21.6 Å². The van der Waals surface area contributed by atoms with E-state index in [1.807, 2.05) is 0 Å². The number of rotatable bonds is 6. The minimum Gasteiger partial charge on any atom is -0.381 e. The maximum Gasteiger partial charge on any atom is 0.534 e. The molecule has 1 aliphatic rings. The second kappa shape index (κ2) is 6.94. The lowest BCUT2D eigenvalue weighted by atomic mass is 9.98. The molecule has 22 heavy (non-hydrogen) atoms. The Labute approximate surface area is 132 Å². The van der Waals surface area contributed by atoms with Crippen molar-refractivity contribution >= 4 is 18.2 Å². The second-order valence-corrected chi connectivity index (χ2v) is 13.1. The van der Waals surface area contributed by atoms with Crippen LogP contribution in [0.4, 0.5) is 13.2 Å². The molecule has 0 radical (unpaired) electrons. The quantitative estimate of drug-likeness (QED) is 0.373. The number of alkyl halides is 3. The summed E-state index contributed by atoms with van der Waals surface area (Å²) in [6, 6.07) is 2.74. The van der Waals surface area contributed by atoms with Gasteiger partial charge in [0.05, 0.1) is 8.07 Å². The zero-order valence-corrected chi connectivity index (χ0v) is 15.4. The van der Waals surface area contributed by atoms with Gasteiger partial charge < -0.3 is 4.18 Å². The molecule has 130 valence electrons. The molecular formula is C14H25F3O3SSi. The first-order valence-electron chi connectivity index (χ1n) is 7.75. The highest BCUT2D eigenvalue weighted by Gasteiger charge is 2.51. The summed E-state index contributed by atoms with van der Waals surface area (Å²) in [5, 5.41) is 0. The summed E-state index contributed by atoms with van der Waals surface area (Å²) in [4.78, 5) is 0. The summed E-state index contributed by atoms with van der Waals surface area (Å²) in [5.74, 6) is 0.0841. The Bertz CT molecular complexity index is 514. The van der Waals surface area contributed by atoms with Gasteiger partial charge in [-0.25, -0.2) is 0 Å². The van der Waals surface area contributed by atoms with E-state index in [4.69, 9.17) is 0 Å². The predicted octanol–water partition coefficient (Wildman–Crippen LogP) is 5.19. The van der Waals surface area contributed by atoms with E-state index in [9.17, 15) is 21.6 Å². The Morgan fingerprint density at radius 1 is 1.18 bits per heavy atom. The van der Waals surface area contributed by atoms with Crippen molar-refractivity contribution in [2.75, 3.05) is 0 Å². The Morgan fingerprint density at radius 2 is 1.68 bits per heavy atom. The van der Waals surface area contributed by atoms with E-state index in [0.717, 1.165) is 31.0 Å². The van der Waals surface area contributed by atoms with Gasteiger partial charge in [-0.15, -0.1) is 0 Å². The Hall–Kier alpha value is -0.503. The molecule has 0 unspecified atom stereocenters. The van der Waals surface area contributed by atoms with E-state index in [-0.39, 0.29) is 11.3 Å². The van der Waals surface area contributed by atoms with Crippen LogP contribution in [-0.2, 0) is 14.3 Å². The third-order valence-electron chi connectivity index (χ3n) is 5.12. The fraction of sp³-hybridized carbons (Fsp3) is 0.857. The number of halogens is 3. The van der Waals surface area contributed by atoms with E-state index < -0.39 is 23.7 Å². The monoisotopic (exact) mass is 358 g/mol. The molecule has 1 atom stereocenters. The van der Waals surface area contributed by atoms with Gasteiger partial charge in [0.2, 0.25) is 0 Å². The van der Waals surface area contributed by atoms with E-state index >= 15 is 0 Å². The van der Waals surface area contributed by atoms with Crippen LogP contribution in [0, 0.1) is 0 Å². The number of allylic oxidation sites excluding steroid dienone is 2. The van der Waals surface area contributed by atoms with Crippen LogP contribution in [0.25, 0.3) is 0 Å². The van der Waals surface area contributed by atoms with Crippen LogP contribution in [-0.4, -0.2) is 22.0 Å². The molecule has 0 aromatic carbocycles. The molecule has 0 N–H and O–H groups in total. The molecule has 0 aromatic heterocycles. The fourth-order valence-corrected chi connectivity index (χ4v) is 8.82. The third kappa shape index (κ3) is 3.69. The molecule has 0 fully saturated rings. The topological polar surface area (TPSA) is 43.4 Å². The minimum absolute atomic E-state index is 0.0841. The summed E-state index contributed by atoms with van der Waals surface area (Å²) < 4.78 is 65.5. The molecular weight excluding hydrogens is 333 g/mol. The number of hydrogen-bond acceptors (Lipinski definition) is 3. The van der Waals surface area contributed by atoms with Gasteiger partial charge in [0.15, 0.2) is 0 Å². The molecule has 0 saturated heterocycles. The Kier molecular flexibility index (Phi) is 6.17. The van der Waals surface area contributed by atoms with Gasteiger partial charge in [0.25, 0.3) is 0 Å². The number of hydrogen-bond donors (Lipinski definition) is 0. The van der Waals surface area contributed by atoms with Crippen LogP contribution in [0.5, 0.6) is 0 Å². The SMILES string of the molecule is CC[Si](CC)(CC)[C@@H]1CCCC(C)=C1OS(=O)(=O)C(F)(F)F. The maximum absolute atomic E-state index is 12.7. The minimum atomic E-state index is -5.58. The van der Waals surface area contributed by atoms with Gasteiger partial charge in [0, 0.05) is 5.54 Å². The van der Waals surface area contributed by atoms with Crippen LogP contribution < -0.4 is 0 Å². The van der Waals surface area contributed by atoms with Crippen molar-refractivity contribution in [3.63, 3.8) is 0 Å². The second-order valence-electron chi connectivity index (χ2n) is 6.00. The van der Waals surface area contributed by atoms with Crippen molar-refractivity contribution in [3.8, 4) is 0 Å². The average Bonchev–Trinajstić information content (AvgIpc) is 2.43.